The highest BCUT2D eigenvalue weighted by molar-refractivity contribution is 5.83. The van der Waals surface area contributed by atoms with Crippen LogP contribution in [0.25, 0.3) is 0 Å². The summed E-state index contributed by atoms with van der Waals surface area (Å²) >= 11 is 0. The zero-order valence-electron chi connectivity index (χ0n) is 16.7. The number of esters is 1. The summed E-state index contributed by atoms with van der Waals surface area (Å²) in [5, 5.41) is 0. The topological polar surface area (TPSA) is 26.3 Å². The SMILES string of the molecule is CCOC(=O)/C=C(C)\C=C/C=C(C=CC1=C(C)CCCC1(C)C)C(F)(F)F. The average molecular weight is 382 g/mol. The molecule has 0 amide bonds. The van der Waals surface area contributed by atoms with Crippen LogP contribution in [0.5, 0.6) is 0 Å². The zero-order chi connectivity index (χ0) is 20.7. The molecule has 1 aliphatic rings. The Morgan fingerprint density at radius 3 is 2.48 bits per heavy atom. The van der Waals surface area contributed by atoms with Gasteiger partial charge >= 0.3 is 12.1 Å². The largest absolute Gasteiger partial charge is 0.463 e. The van der Waals surface area contributed by atoms with Crippen LogP contribution in [0, 0.1) is 5.41 Å². The van der Waals surface area contributed by atoms with Crippen molar-refractivity contribution >= 4 is 5.97 Å². The van der Waals surface area contributed by atoms with E-state index in [4.69, 9.17) is 4.74 Å². The summed E-state index contributed by atoms with van der Waals surface area (Å²) in [6, 6.07) is 0. The van der Waals surface area contributed by atoms with Crippen molar-refractivity contribution in [1.82, 2.24) is 0 Å². The van der Waals surface area contributed by atoms with Crippen LogP contribution in [0.4, 0.5) is 13.2 Å². The molecule has 150 valence electrons. The van der Waals surface area contributed by atoms with Gasteiger partial charge in [-0.15, -0.1) is 0 Å². The van der Waals surface area contributed by atoms with E-state index in [9.17, 15) is 18.0 Å². The molecule has 0 saturated heterocycles. The second-order valence-electron chi connectivity index (χ2n) is 7.38. The molecule has 0 aromatic rings. The number of halogens is 3. The van der Waals surface area contributed by atoms with Crippen molar-refractivity contribution in [2.45, 2.75) is 60.1 Å². The third kappa shape index (κ3) is 7.61. The third-order valence-corrected chi connectivity index (χ3v) is 4.57. The minimum Gasteiger partial charge on any atom is -0.463 e. The molecule has 0 spiro atoms. The van der Waals surface area contributed by atoms with Crippen LogP contribution < -0.4 is 0 Å². The highest BCUT2D eigenvalue weighted by atomic mass is 19.4. The number of carbonyl (C=O) groups excluding carboxylic acids is 1. The van der Waals surface area contributed by atoms with E-state index < -0.39 is 17.7 Å². The van der Waals surface area contributed by atoms with Crippen LogP contribution in [-0.2, 0) is 9.53 Å². The molecule has 27 heavy (non-hydrogen) atoms. The van der Waals surface area contributed by atoms with E-state index in [0.717, 1.165) is 42.6 Å². The van der Waals surface area contributed by atoms with Gasteiger partial charge in [-0.3, -0.25) is 0 Å². The molecule has 0 atom stereocenters. The first-order valence-electron chi connectivity index (χ1n) is 9.16. The van der Waals surface area contributed by atoms with Gasteiger partial charge in [0.2, 0.25) is 0 Å². The maximum atomic E-state index is 13.3. The number of allylic oxidation sites excluding steroid dienone is 9. The van der Waals surface area contributed by atoms with Crippen molar-refractivity contribution in [3.8, 4) is 0 Å². The van der Waals surface area contributed by atoms with Crippen LogP contribution >= 0.6 is 0 Å². The van der Waals surface area contributed by atoms with Gasteiger partial charge in [-0.1, -0.05) is 43.7 Å². The number of carbonyl (C=O) groups is 1. The van der Waals surface area contributed by atoms with Gasteiger partial charge in [0, 0.05) is 6.08 Å². The van der Waals surface area contributed by atoms with E-state index in [-0.39, 0.29) is 12.0 Å². The highest BCUT2D eigenvalue weighted by Gasteiger charge is 2.32. The second-order valence-corrected chi connectivity index (χ2v) is 7.38. The Hall–Kier alpha value is -2.04. The number of hydrogen-bond acceptors (Lipinski definition) is 2. The molecule has 1 rings (SSSR count). The summed E-state index contributed by atoms with van der Waals surface area (Å²) in [7, 11) is 0. The highest BCUT2D eigenvalue weighted by Crippen LogP contribution is 2.41. The predicted molar refractivity (Wildman–Crippen MR) is 103 cm³/mol. The first kappa shape index (κ1) is 23.0. The molecule has 0 bridgehead atoms. The summed E-state index contributed by atoms with van der Waals surface area (Å²) in [5.74, 6) is -0.512. The molecule has 1 aliphatic carbocycles. The van der Waals surface area contributed by atoms with E-state index in [1.54, 1.807) is 19.9 Å². The molecule has 0 heterocycles. The maximum absolute atomic E-state index is 13.3. The molecule has 0 aromatic carbocycles. The Kier molecular flexibility index (Phi) is 8.32. The van der Waals surface area contributed by atoms with Gasteiger partial charge in [-0.05, 0) is 62.7 Å². The number of alkyl halides is 3. The number of hydrogen-bond donors (Lipinski definition) is 0. The maximum Gasteiger partial charge on any atom is 0.416 e. The normalized spacial score (nSPS) is 19.3. The van der Waals surface area contributed by atoms with Gasteiger partial charge in [0.25, 0.3) is 0 Å². The fourth-order valence-corrected chi connectivity index (χ4v) is 3.15. The van der Waals surface area contributed by atoms with Gasteiger partial charge in [-0.25, -0.2) is 4.79 Å². The molecule has 0 radical (unpaired) electrons. The molecular formula is C22H29F3O2. The van der Waals surface area contributed by atoms with Crippen molar-refractivity contribution in [2.75, 3.05) is 6.61 Å². The molecule has 2 nitrogen and oxygen atoms in total. The lowest BCUT2D eigenvalue weighted by Gasteiger charge is -2.33. The third-order valence-electron chi connectivity index (χ3n) is 4.57. The molecule has 0 fully saturated rings. The minimum atomic E-state index is -4.45. The van der Waals surface area contributed by atoms with Crippen molar-refractivity contribution in [1.29, 1.82) is 0 Å². The van der Waals surface area contributed by atoms with Gasteiger partial charge in [-0.2, -0.15) is 13.2 Å². The zero-order valence-corrected chi connectivity index (χ0v) is 16.7. The standard InChI is InChI=1S/C22H29F3O2/c1-6-27-20(26)15-16(2)9-7-11-18(22(23,24)25)12-13-19-17(3)10-8-14-21(19,4)5/h7,9,11-13,15H,6,8,10,14H2,1-5H3/b9-7-,13-12?,16-15-,18-11?. The monoisotopic (exact) mass is 382 g/mol. The summed E-state index contributed by atoms with van der Waals surface area (Å²) in [4.78, 5) is 11.3. The van der Waals surface area contributed by atoms with Crippen molar-refractivity contribution in [3.63, 3.8) is 0 Å². The smallest absolute Gasteiger partial charge is 0.416 e. The summed E-state index contributed by atoms with van der Waals surface area (Å²) in [6.07, 6.45) is 6.25. The average Bonchev–Trinajstić information content (AvgIpc) is 2.51. The Morgan fingerprint density at radius 1 is 1.26 bits per heavy atom. The quantitative estimate of drug-likeness (QED) is 0.293. The summed E-state index contributed by atoms with van der Waals surface area (Å²) < 4.78 is 44.8. The fraction of sp³-hybridized carbons (Fsp3) is 0.500. The first-order valence-corrected chi connectivity index (χ1v) is 9.16. The van der Waals surface area contributed by atoms with Gasteiger partial charge < -0.3 is 4.74 Å². The van der Waals surface area contributed by atoms with E-state index in [0.29, 0.717) is 5.57 Å². The summed E-state index contributed by atoms with van der Waals surface area (Å²) in [6.45, 7) is 9.68. The first-order chi connectivity index (χ1) is 12.5. The molecule has 0 unspecified atom stereocenters. The van der Waals surface area contributed by atoms with Crippen molar-refractivity contribution in [3.05, 3.63) is 58.7 Å². The van der Waals surface area contributed by atoms with Gasteiger partial charge in [0.1, 0.15) is 0 Å². The Balaban J connectivity index is 3.05. The summed E-state index contributed by atoms with van der Waals surface area (Å²) in [5.41, 5.74) is 1.79. The van der Waals surface area contributed by atoms with E-state index in [1.807, 2.05) is 6.92 Å². The lowest BCUT2D eigenvalue weighted by molar-refractivity contribution is -0.137. The second kappa shape index (κ2) is 9.77. The lowest BCUT2D eigenvalue weighted by atomic mass is 9.72. The van der Waals surface area contributed by atoms with Gasteiger partial charge in [0.05, 0.1) is 12.2 Å². The van der Waals surface area contributed by atoms with Crippen molar-refractivity contribution in [2.24, 2.45) is 5.41 Å². The number of rotatable bonds is 6. The fourth-order valence-electron chi connectivity index (χ4n) is 3.15. The Morgan fingerprint density at radius 2 is 1.93 bits per heavy atom. The van der Waals surface area contributed by atoms with Crippen LogP contribution in [0.1, 0.15) is 53.9 Å². The molecule has 0 saturated carbocycles. The van der Waals surface area contributed by atoms with Crippen LogP contribution in [0.2, 0.25) is 0 Å². The minimum absolute atomic E-state index is 0.121. The molecule has 0 N–H and O–H groups in total. The molecule has 5 heteroatoms. The van der Waals surface area contributed by atoms with E-state index >= 15 is 0 Å². The Labute approximate surface area is 160 Å². The molecule has 0 aliphatic heterocycles. The number of ether oxygens (including phenoxy) is 1. The predicted octanol–water partition coefficient (Wildman–Crippen LogP) is 6.62. The van der Waals surface area contributed by atoms with Crippen LogP contribution in [-0.4, -0.2) is 18.8 Å². The molecular weight excluding hydrogens is 353 g/mol. The van der Waals surface area contributed by atoms with Crippen LogP contribution in [0.15, 0.2) is 58.7 Å². The van der Waals surface area contributed by atoms with Crippen LogP contribution in [0.3, 0.4) is 0 Å². The Bertz CT molecular complexity index is 687. The van der Waals surface area contributed by atoms with Crippen molar-refractivity contribution < 1.29 is 22.7 Å². The lowest BCUT2D eigenvalue weighted by Crippen LogP contribution is -2.19. The van der Waals surface area contributed by atoms with Gasteiger partial charge in [0.15, 0.2) is 0 Å². The van der Waals surface area contributed by atoms with E-state index in [2.05, 4.69) is 13.8 Å². The molecule has 0 aromatic heterocycles. The van der Waals surface area contributed by atoms with E-state index in [1.165, 1.54) is 18.2 Å².